The van der Waals surface area contributed by atoms with Crippen LogP contribution in [0.3, 0.4) is 0 Å². The van der Waals surface area contributed by atoms with E-state index in [-0.39, 0.29) is 24.5 Å². The lowest BCUT2D eigenvalue weighted by Gasteiger charge is -2.18. The van der Waals surface area contributed by atoms with E-state index in [9.17, 15) is 9.59 Å². The van der Waals surface area contributed by atoms with E-state index in [1.807, 2.05) is 34.9 Å². The summed E-state index contributed by atoms with van der Waals surface area (Å²) in [6.45, 7) is 0.951. The first kappa shape index (κ1) is 19.7. The van der Waals surface area contributed by atoms with Crippen molar-refractivity contribution in [2.24, 2.45) is 0 Å². The molecule has 0 radical (unpaired) electrons. The number of amides is 1. The summed E-state index contributed by atoms with van der Waals surface area (Å²) >= 11 is 0. The zero-order valence-electron chi connectivity index (χ0n) is 17.2. The summed E-state index contributed by atoms with van der Waals surface area (Å²) in [4.78, 5) is 33.6. The summed E-state index contributed by atoms with van der Waals surface area (Å²) in [6, 6.07) is 16.4. The van der Waals surface area contributed by atoms with Crippen LogP contribution in [0.25, 0.3) is 16.9 Å². The van der Waals surface area contributed by atoms with Crippen molar-refractivity contribution in [1.29, 1.82) is 0 Å². The predicted molar refractivity (Wildman–Crippen MR) is 118 cm³/mol. The Hall–Kier alpha value is -4.20. The smallest absolute Gasteiger partial charge is 0.224 e. The average Bonchev–Trinajstić information content (AvgIpc) is 3.27. The van der Waals surface area contributed by atoms with Gasteiger partial charge in [0.1, 0.15) is 25.4 Å². The second-order valence-corrected chi connectivity index (χ2v) is 7.34. The molecular formula is C24H20N4O4. The Morgan fingerprint density at radius 3 is 2.62 bits per heavy atom. The van der Waals surface area contributed by atoms with Crippen molar-refractivity contribution in [3.05, 3.63) is 72.7 Å². The number of anilines is 1. The number of imidazole rings is 1. The normalized spacial score (nSPS) is 12.5. The van der Waals surface area contributed by atoms with Crippen molar-refractivity contribution >= 4 is 28.4 Å². The van der Waals surface area contributed by atoms with Crippen LogP contribution in [0.5, 0.6) is 11.5 Å². The Morgan fingerprint density at radius 2 is 1.78 bits per heavy atom. The number of carbonyl (C=O) groups is 2. The van der Waals surface area contributed by atoms with Crippen LogP contribution in [0.2, 0.25) is 0 Å². The standard InChI is InChI=1S/C24H20N4O4/c29-20(16-5-8-21-22(13-16)32-12-11-31-21)7-10-24(30)27-17-6-9-23(25-14-17)28-15-26-18-3-1-2-4-19(18)28/h1-6,8-9,13-15H,7,10-12H2,(H,27,30). The number of ether oxygens (including phenoxy) is 2. The number of pyridine rings is 1. The first-order valence-electron chi connectivity index (χ1n) is 10.3. The maximum atomic E-state index is 12.5. The third kappa shape index (κ3) is 4.02. The highest BCUT2D eigenvalue weighted by molar-refractivity contribution is 6.00. The van der Waals surface area contributed by atoms with E-state index in [1.54, 1.807) is 36.8 Å². The minimum absolute atomic E-state index is 0.0706. The lowest BCUT2D eigenvalue weighted by molar-refractivity contribution is -0.116. The van der Waals surface area contributed by atoms with Crippen LogP contribution < -0.4 is 14.8 Å². The van der Waals surface area contributed by atoms with Gasteiger partial charge in [-0.25, -0.2) is 9.97 Å². The number of para-hydroxylation sites is 2. The van der Waals surface area contributed by atoms with E-state index in [0.717, 1.165) is 11.0 Å². The number of nitrogens with zero attached hydrogens (tertiary/aromatic N) is 3. The molecule has 8 heteroatoms. The SMILES string of the molecule is O=C(CCC(=O)c1ccc2c(c1)OCCO2)Nc1ccc(-n2cnc3ccccc32)nc1. The third-order valence-corrected chi connectivity index (χ3v) is 5.18. The minimum atomic E-state index is -0.251. The molecule has 1 amide bonds. The molecule has 0 fully saturated rings. The van der Waals surface area contributed by atoms with Crippen molar-refractivity contribution in [1.82, 2.24) is 14.5 Å². The number of nitrogens with one attached hydrogen (secondary N) is 1. The van der Waals surface area contributed by atoms with Gasteiger partial charge < -0.3 is 14.8 Å². The topological polar surface area (TPSA) is 95.3 Å². The van der Waals surface area contributed by atoms with Crippen LogP contribution in [0.1, 0.15) is 23.2 Å². The van der Waals surface area contributed by atoms with Crippen molar-refractivity contribution in [3.8, 4) is 17.3 Å². The number of hydrogen-bond acceptors (Lipinski definition) is 6. The van der Waals surface area contributed by atoms with E-state index in [0.29, 0.717) is 41.8 Å². The molecule has 3 heterocycles. The molecule has 0 saturated heterocycles. The molecule has 2 aromatic carbocycles. The molecule has 0 aliphatic carbocycles. The van der Waals surface area contributed by atoms with Gasteiger partial charge in [0, 0.05) is 18.4 Å². The van der Waals surface area contributed by atoms with Crippen molar-refractivity contribution in [3.63, 3.8) is 0 Å². The third-order valence-electron chi connectivity index (χ3n) is 5.18. The molecule has 160 valence electrons. The number of Topliss-reactive ketones (excluding diaryl/α,β-unsaturated/α-hetero) is 1. The van der Waals surface area contributed by atoms with Crippen LogP contribution in [-0.2, 0) is 4.79 Å². The Morgan fingerprint density at radius 1 is 0.938 bits per heavy atom. The highest BCUT2D eigenvalue weighted by atomic mass is 16.6. The van der Waals surface area contributed by atoms with Gasteiger partial charge >= 0.3 is 0 Å². The largest absolute Gasteiger partial charge is 0.486 e. The zero-order valence-corrected chi connectivity index (χ0v) is 17.2. The first-order valence-corrected chi connectivity index (χ1v) is 10.3. The van der Waals surface area contributed by atoms with Crippen molar-refractivity contribution in [2.75, 3.05) is 18.5 Å². The average molecular weight is 428 g/mol. The summed E-state index contributed by atoms with van der Waals surface area (Å²) in [6.07, 6.45) is 3.47. The van der Waals surface area contributed by atoms with Gasteiger partial charge in [-0.1, -0.05) is 12.1 Å². The van der Waals surface area contributed by atoms with Gasteiger partial charge in [0.25, 0.3) is 0 Å². The highest BCUT2D eigenvalue weighted by Gasteiger charge is 2.16. The number of benzene rings is 2. The van der Waals surface area contributed by atoms with E-state index in [4.69, 9.17) is 9.47 Å². The Kier molecular flexibility index (Phi) is 5.25. The monoisotopic (exact) mass is 428 g/mol. The maximum Gasteiger partial charge on any atom is 0.224 e. The van der Waals surface area contributed by atoms with Gasteiger partial charge in [-0.05, 0) is 42.5 Å². The molecule has 0 saturated carbocycles. The van der Waals surface area contributed by atoms with Crippen LogP contribution in [0.4, 0.5) is 5.69 Å². The number of carbonyl (C=O) groups excluding carboxylic acids is 2. The fourth-order valence-electron chi connectivity index (χ4n) is 3.56. The lowest BCUT2D eigenvalue weighted by atomic mass is 10.1. The molecule has 0 bridgehead atoms. The first-order chi connectivity index (χ1) is 15.7. The molecule has 32 heavy (non-hydrogen) atoms. The summed E-state index contributed by atoms with van der Waals surface area (Å²) in [5.41, 5.74) is 2.90. The zero-order chi connectivity index (χ0) is 21.9. The Balaban J connectivity index is 1.19. The second-order valence-electron chi connectivity index (χ2n) is 7.34. The number of ketones is 1. The molecule has 1 aliphatic rings. The number of hydrogen-bond donors (Lipinski definition) is 1. The molecule has 4 aromatic rings. The molecule has 5 rings (SSSR count). The van der Waals surface area contributed by atoms with E-state index >= 15 is 0 Å². The minimum Gasteiger partial charge on any atom is -0.486 e. The van der Waals surface area contributed by atoms with Crippen molar-refractivity contribution in [2.45, 2.75) is 12.8 Å². The van der Waals surface area contributed by atoms with Crippen LogP contribution >= 0.6 is 0 Å². The molecule has 2 aromatic heterocycles. The van der Waals surface area contributed by atoms with Gasteiger partial charge in [-0.3, -0.25) is 14.2 Å². The number of rotatable bonds is 6. The van der Waals surface area contributed by atoms with E-state index in [2.05, 4.69) is 15.3 Å². The fraction of sp³-hybridized carbons (Fsp3) is 0.167. The van der Waals surface area contributed by atoms with Gasteiger partial charge in [0.15, 0.2) is 17.3 Å². The van der Waals surface area contributed by atoms with Gasteiger partial charge in [-0.15, -0.1) is 0 Å². The maximum absolute atomic E-state index is 12.5. The Bertz CT molecular complexity index is 1300. The quantitative estimate of drug-likeness (QED) is 0.470. The van der Waals surface area contributed by atoms with Crippen molar-refractivity contribution < 1.29 is 19.1 Å². The molecule has 0 unspecified atom stereocenters. The molecule has 1 N–H and O–H groups in total. The second kappa shape index (κ2) is 8.50. The molecule has 8 nitrogen and oxygen atoms in total. The Labute approximate surface area is 183 Å². The number of fused-ring (bicyclic) bond motifs is 2. The van der Waals surface area contributed by atoms with Gasteiger partial charge in [0.05, 0.1) is 22.9 Å². The van der Waals surface area contributed by atoms with Crippen LogP contribution in [-0.4, -0.2) is 39.4 Å². The summed E-state index contributed by atoms with van der Waals surface area (Å²) < 4.78 is 12.9. The molecular weight excluding hydrogens is 408 g/mol. The van der Waals surface area contributed by atoms with Crippen LogP contribution in [0, 0.1) is 0 Å². The van der Waals surface area contributed by atoms with E-state index < -0.39 is 0 Å². The molecule has 0 spiro atoms. The molecule has 1 aliphatic heterocycles. The molecule has 0 atom stereocenters. The summed E-state index contributed by atoms with van der Waals surface area (Å²) in [5, 5.41) is 2.79. The van der Waals surface area contributed by atoms with Gasteiger partial charge in [0.2, 0.25) is 5.91 Å². The number of aromatic nitrogens is 3. The highest BCUT2D eigenvalue weighted by Crippen LogP contribution is 2.31. The summed E-state index contributed by atoms with van der Waals surface area (Å²) in [5.74, 6) is 1.51. The van der Waals surface area contributed by atoms with E-state index in [1.165, 1.54) is 0 Å². The predicted octanol–water partition coefficient (Wildman–Crippen LogP) is 3.79. The van der Waals surface area contributed by atoms with Crippen LogP contribution in [0.15, 0.2) is 67.1 Å². The fourth-order valence-corrected chi connectivity index (χ4v) is 3.56. The summed E-state index contributed by atoms with van der Waals surface area (Å²) in [7, 11) is 0. The van der Waals surface area contributed by atoms with Gasteiger partial charge in [-0.2, -0.15) is 0 Å². The lowest BCUT2D eigenvalue weighted by Crippen LogP contribution is -2.16.